The molecular formula is C17H21N3O5. The van der Waals surface area contributed by atoms with Crippen LogP contribution in [0.1, 0.15) is 28.0 Å². The van der Waals surface area contributed by atoms with Crippen LogP contribution in [0.2, 0.25) is 0 Å². The van der Waals surface area contributed by atoms with Crippen molar-refractivity contribution >= 4 is 5.91 Å². The molecule has 0 bridgehead atoms. The molecule has 1 aliphatic heterocycles. The molecule has 8 nitrogen and oxygen atoms in total. The number of nitrogens with two attached hydrogens (primary N) is 1. The average Bonchev–Trinajstić information content (AvgIpc) is 3.27. The molecule has 0 radical (unpaired) electrons. The summed E-state index contributed by atoms with van der Waals surface area (Å²) in [6.07, 6.45) is 1.38. The van der Waals surface area contributed by atoms with Crippen molar-refractivity contribution in [2.24, 2.45) is 5.73 Å². The Morgan fingerprint density at radius 1 is 1.36 bits per heavy atom. The van der Waals surface area contributed by atoms with Crippen molar-refractivity contribution in [2.45, 2.75) is 18.8 Å². The lowest BCUT2D eigenvalue weighted by Crippen LogP contribution is -2.35. The zero-order valence-corrected chi connectivity index (χ0v) is 13.9. The molecule has 2 heterocycles. The Kier molecular flexibility index (Phi) is 5.32. The summed E-state index contributed by atoms with van der Waals surface area (Å²) in [6.45, 7) is 1.39. The lowest BCUT2D eigenvalue weighted by molar-refractivity contribution is -0.0543. The number of carbonyl (C=O) groups is 1. The number of benzene rings is 1. The van der Waals surface area contributed by atoms with Crippen LogP contribution in [-0.2, 0) is 15.9 Å². The first-order valence-corrected chi connectivity index (χ1v) is 8.00. The quantitative estimate of drug-likeness (QED) is 0.804. The van der Waals surface area contributed by atoms with Gasteiger partial charge < -0.3 is 29.6 Å². The number of ether oxygens (including phenoxy) is 2. The molecule has 1 saturated heterocycles. The molecule has 1 amide bonds. The van der Waals surface area contributed by atoms with Gasteiger partial charge >= 0.3 is 0 Å². The molecule has 1 fully saturated rings. The Bertz CT molecular complexity index is 709. The highest BCUT2D eigenvalue weighted by Gasteiger charge is 2.24. The third-order valence-corrected chi connectivity index (χ3v) is 3.91. The van der Waals surface area contributed by atoms with Crippen molar-refractivity contribution < 1.29 is 23.8 Å². The van der Waals surface area contributed by atoms with Gasteiger partial charge in [-0.2, -0.15) is 0 Å². The smallest absolute Gasteiger partial charge is 0.275 e. The number of phenolic OH excluding ortho intramolecular Hbond substituents is 1. The number of oxazole rings is 1. The minimum absolute atomic E-state index is 0.191. The highest BCUT2D eigenvalue weighted by Crippen LogP contribution is 2.18. The third-order valence-electron chi connectivity index (χ3n) is 3.91. The fraction of sp³-hybridized carbons (Fsp3) is 0.412. The van der Waals surface area contributed by atoms with Crippen LogP contribution in [0.3, 0.4) is 0 Å². The van der Waals surface area contributed by atoms with E-state index >= 15 is 0 Å². The van der Waals surface area contributed by atoms with E-state index in [1.807, 2.05) is 0 Å². The number of amides is 1. The summed E-state index contributed by atoms with van der Waals surface area (Å²) in [5.74, 6) is 0.198. The lowest BCUT2D eigenvalue weighted by Gasteiger charge is -2.18. The highest BCUT2D eigenvalue weighted by molar-refractivity contribution is 5.91. The van der Waals surface area contributed by atoms with Crippen molar-refractivity contribution in [3.8, 4) is 5.75 Å². The zero-order chi connectivity index (χ0) is 17.8. The summed E-state index contributed by atoms with van der Waals surface area (Å²) in [4.78, 5) is 18.1. The zero-order valence-electron chi connectivity index (χ0n) is 13.9. The average molecular weight is 347 g/mol. The van der Waals surface area contributed by atoms with Gasteiger partial charge in [0.05, 0.1) is 25.8 Å². The fourth-order valence-corrected chi connectivity index (χ4v) is 2.54. The largest absolute Gasteiger partial charge is 0.508 e. The molecule has 0 saturated carbocycles. The summed E-state index contributed by atoms with van der Waals surface area (Å²) in [5, 5.41) is 9.30. The van der Waals surface area contributed by atoms with E-state index in [4.69, 9.17) is 19.6 Å². The number of aromatic hydroxyl groups is 1. The predicted molar refractivity (Wildman–Crippen MR) is 87.9 cm³/mol. The Labute approximate surface area is 145 Å². The normalized spacial score (nSPS) is 16.1. The minimum atomic E-state index is -0.488. The number of likely N-dealkylation sites (N-methyl/N-ethyl adjacent to an activating group) is 1. The van der Waals surface area contributed by atoms with Crippen LogP contribution in [0, 0.1) is 0 Å². The molecule has 0 aliphatic carbocycles. The van der Waals surface area contributed by atoms with Gasteiger partial charge in [0.15, 0.2) is 12.0 Å². The van der Waals surface area contributed by atoms with Gasteiger partial charge in [-0.1, -0.05) is 12.1 Å². The molecular weight excluding hydrogens is 326 g/mol. The van der Waals surface area contributed by atoms with Gasteiger partial charge in [0.25, 0.3) is 5.91 Å². The van der Waals surface area contributed by atoms with Crippen LogP contribution in [0.4, 0.5) is 0 Å². The maximum Gasteiger partial charge on any atom is 0.275 e. The highest BCUT2D eigenvalue weighted by atomic mass is 16.7. The number of rotatable bonds is 6. The Morgan fingerprint density at radius 2 is 2.04 bits per heavy atom. The molecule has 2 aromatic rings. The second kappa shape index (κ2) is 7.64. The van der Waals surface area contributed by atoms with Crippen molar-refractivity contribution in [1.29, 1.82) is 0 Å². The van der Waals surface area contributed by atoms with Gasteiger partial charge in [0.1, 0.15) is 12.0 Å². The van der Waals surface area contributed by atoms with E-state index in [1.165, 1.54) is 11.2 Å². The topological polar surface area (TPSA) is 111 Å². The van der Waals surface area contributed by atoms with Crippen LogP contribution in [0.25, 0.3) is 0 Å². The van der Waals surface area contributed by atoms with Crippen molar-refractivity contribution in [1.82, 2.24) is 9.88 Å². The van der Waals surface area contributed by atoms with E-state index in [0.29, 0.717) is 26.2 Å². The standard InChI is InChI=1S/C17H21N3O5/c1-20(9-15-23-6-7-24-15)17(22)14-10-25-16(19-14)13(18)8-11-2-4-12(21)5-3-11/h2-5,10,13,15,21H,6-9,18H2,1H3. The minimum Gasteiger partial charge on any atom is -0.508 e. The Balaban J connectivity index is 1.60. The molecule has 3 rings (SSSR count). The third kappa shape index (κ3) is 4.36. The summed E-state index contributed by atoms with van der Waals surface area (Å²) in [7, 11) is 1.65. The number of hydrogen-bond acceptors (Lipinski definition) is 7. The van der Waals surface area contributed by atoms with Crippen LogP contribution in [0.5, 0.6) is 5.75 Å². The maximum atomic E-state index is 12.4. The number of aromatic nitrogens is 1. The summed E-state index contributed by atoms with van der Waals surface area (Å²) < 4.78 is 16.0. The molecule has 1 unspecified atom stereocenters. The number of carbonyl (C=O) groups excluding carboxylic acids is 1. The molecule has 1 aromatic heterocycles. The lowest BCUT2D eigenvalue weighted by atomic mass is 10.1. The molecule has 8 heteroatoms. The molecule has 1 aliphatic rings. The number of nitrogens with zero attached hydrogens (tertiary/aromatic N) is 2. The molecule has 25 heavy (non-hydrogen) atoms. The van der Waals surface area contributed by atoms with Crippen LogP contribution in [0.15, 0.2) is 34.9 Å². The number of phenols is 1. The first-order chi connectivity index (χ1) is 12.0. The van der Waals surface area contributed by atoms with E-state index in [-0.39, 0.29) is 23.2 Å². The molecule has 0 spiro atoms. The van der Waals surface area contributed by atoms with Crippen LogP contribution in [-0.4, -0.2) is 54.0 Å². The van der Waals surface area contributed by atoms with E-state index in [9.17, 15) is 9.90 Å². The van der Waals surface area contributed by atoms with Crippen LogP contribution < -0.4 is 5.73 Å². The fourth-order valence-electron chi connectivity index (χ4n) is 2.54. The molecule has 3 N–H and O–H groups in total. The van der Waals surface area contributed by atoms with E-state index in [0.717, 1.165) is 5.56 Å². The van der Waals surface area contributed by atoms with E-state index < -0.39 is 12.3 Å². The summed E-state index contributed by atoms with van der Waals surface area (Å²) in [6, 6.07) is 6.25. The number of hydrogen-bond donors (Lipinski definition) is 2. The molecule has 1 atom stereocenters. The van der Waals surface area contributed by atoms with Gasteiger partial charge in [0, 0.05) is 7.05 Å². The first kappa shape index (κ1) is 17.4. The summed E-state index contributed by atoms with van der Waals surface area (Å²) in [5.41, 5.74) is 7.23. The Morgan fingerprint density at radius 3 is 2.72 bits per heavy atom. The predicted octanol–water partition coefficient (Wildman–Crippen LogP) is 1.07. The molecule has 1 aromatic carbocycles. The summed E-state index contributed by atoms with van der Waals surface area (Å²) >= 11 is 0. The SMILES string of the molecule is CN(CC1OCCO1)C(=O)c1coc(C(N)Cc2ccc(O)cc2)n1. The van der Waals surface area contributed by atoms with E-state index in [2.05, 4.69) is 4.98 Å². The van der Waals surface area contributed by atoms with Crippen LogP contribution >= 0.6 is 0 Å². The second-order valence-corrected chi connectivity index (χ2v) is 5.90. The monoisotopic (exact) mass is 347 g/mol. The van der Waals surface area contributed by atoms with Gasteiger partial charge in [-0.25, -0.2) is 4.98 Å². The van der Waals surface area contributed by atoms with Crippen molar-refractivity contribution in [2.75, 3.05) is 26.8 Å². The Hall–Kier alpha value is -2.42. The first-order valence-electron chi connectivity index (χ1n) is 8.00. The van der Waals surface area contributed by atoms with Crippen molar-refractivity contribution in [3.05, 3.63) is 47.7 Å². The maximum absolute atomic E-state index is 12.4. The van der Waals surface area contributed by atoms with Crippen molar-refractivity contribution in [3.63, 3.8) is 0 Å². The molecule has 134 valence electrons. The van der Waals surface area contributed by atoms with Gasteiger partial charge in [-0.15, -0.1) is 0 Å². The van der Waals surface area contributed by atoms with E-state index in [1.54, 1.807) is 31.3 Å². The van der Waals surface area contributed by atoms with Gasteiger partial charge in [0.2, 0.25) is 5.89 Å². The second-order valence-electron chi connectivity index (χ2n) is 5.90. The van der Waals surface area contributed by atoms with Gasteiger partial charge in [-0.05, 0) is 24.1 Å². The van der Waals surface area contributed by atoms with Gasteiger partial charge in [-0.3, -0.25) is 4.79 Å².